The summed E-state index contributed by atoms with van der Waals surface area (Å²) in [6, 6.07) is 6.96. The van der Waals surface area contributed by atoms with E-state index < -0.39 is 35.5 Å². The molecule has 2 aromatic heterocycles. The molecule has 4 rings (SSSR count). The predicted molar refractivity (Wildman–Crippen MR) is 147 cm³/mol. The summed E-state index contributed by atoms with van der Waals surface area (Å²) in [6.45, 7) is 1.25. The number of rotatable bonds is 9. The fourth-order valence-corrected chi connectivity index (χ4v) is 4.70. The van der Waals surface area contributed by atoms with Crippen LogP contribution in [0.15, 0.2) is 59.5 Å². The number of amides is 3. The van der Waals surface area contributed by atoms with Crippen molar-refractivity contribution in [2.75, 3.05) is 25.5 Å². The molecule has 1 aliphatic rings. The summed E-state index contributed by atoms with van der Waals surface area (Å²) in [6.07, 6.45) is 4.71. The largest absolute Gasteiger partial charge is 0.464 e. The Kier molecular flexibility index (Phi) is 9.17. The Hall–Kier alpha value is -4.94. The minimum Gasteiger partial charge on any atom is -0.464 e. The lowest BCUT2D eigenvalue weighted by Crippen LogP contribution is -2.44. The Labute approximate surface area is 234 Å². The first-order valence-electron chi connectivity index (χ1n) is 13.0. The van der Waals surface area contributed by atoms with Crippen molar-refractivity contribution in [3.8, 4) is 0 Å². The number of methoxy groups -OCH3 is 1. The fourth-order valence-electron chi connectivity index (χ4n) is 4.70. The van der Waals surface area contributed by atoms with Gasteiger partial charge in [0.05, 0.1) is 19.2 Å². The van der Waals surface area contributed by atoms with E-state index in [0.29, 0.717) is 24.9 Å². The topological polar surface area (TPSA) is 152 Å². The van der Waals surface area contributed by atoms with Crippen LogP contribution in [0, 0.1) is 5.82 Å². The number of pyridine rings is 1. The molecule has 1 aliphatic heterocycles. The standard InChI is InChI=1S/C28H30FN5O7/c1-41-27(38)31-21(7-2-3-9-24(35)32-12-4-5-13-32)25(36)30-22-8-6-14-33(26(22)37)17-20-16-18-15-19(29)10-11-23(18)34(20)28(39)40/h3,6,8-11,14-16,21H,2,4-5,7,12-13,17H2,1H3,(H,30,36)(H,31,38)(H,39,40)/b9-3+. The van der Waals surface area contributed by atoms with Crippen LogP contribution in [0.2, 0.25) is 0 Å². The number of nitrogens with zero attached hydrogens (tertiary/aromatic N) is 3. The number of hydrogen-bond acceptors (Lipinski definition) is 6. The van der Waals surface area contributed by atoms with E-state index in [4.69, 9.17) is 0 Å². The Balaban J connectivity index is 1.49. The summed E-state index contributed by atoms with van der Waals surface area (Å²) >= 11 is 0. The quantitative estimate of drug-likeness (QED) is 0.336. The van der Waals surface area contributed by atoms with Crippen LogP contribution in [0.3, 0.4) is 0 Å². The summed E-state index contributed by atoms with van der Waals surface area (Å²) in [5.41, 5.74) is -0.247. The van der Waals surface area contributed by atoms with Gasteiger partial charge < -0.3 is 29.9 Å². The van der Waals surface area contributed by atoms with E-state index >= 15 is 0 Å². The molecule has 3 N–H and O–H groups in total. The molecule has 13 heteroatoms. The molecule has 0 spiro atoms. The first kappa shape index (κ1) is 29.1. The molecule has 0 bridgehead atoms. The second kappa shape index (κ2) is 12.9. The number of ether oxygens (including phenoxy) is 1. The van der Waals surface area contributed by atoms with E-state index in [9.17, 15) is 33.5 Å². The number of hydrogen-bond donors (Lipinski definition) is 3. The number of nitrogens with one attached hydrogen (secondary N) is 2. The molecule has 41 heavy (non-hydrogen) atoms. The van der Waals surface area contributed by atoms with Crippen molar-refractivity contribution < 1.29 is 33.4 Å². The smallest absolute Gasteiger partial charge is 0.416 e. The van der Waals surface area contributed by atoms with E-state index in [2.05, 4.69) is 15.4 Å². The van der Waals surface area contributed by atoms with Gasteiger partial charge in [-0.2, -0.15) is 0 Å². The number of carbonyl (C=O) groups is 4. The number of anilines is 1. The maximum absolute atomic E-state index is 13.7. The highest BCUT2D eigenvalue weighted by Crippen LogP contribution is 2.22. The van der Waals surface area contributed by atoms with Gasteiger partial charge in [-0.3, -0.25) is 14.4 Å². The normalized spacial score (nSPS) is 13.9. The molecule has 12 nitrogen and oxygen atoms in total. The highest BCUT2D eigenvalue weighted by atomic mass is 19.1. The van der Waals surface area contributed by atoms with Crippen LogP contribution < -0.4 is 16.2 Å². The van der Waals surface area contributed by atoms with Crippen LogP contribution in [-0.4, -0.2) is 69.4 Å². The molecule has 1 saturated heterocycles. The van der Waals surface area contributed by atoms with Crippen LogP contribution in [0.25, 0.3) is 10.9 Å². The van der Waals surface area contributed by atoms with Gasteiger partial charge in [0.15, 0.2) is 0 Å². The van der Waals surface area contributed by atoms with E-state index in [1.54, 1.807) is 11.0 Å². The number of benzene rings is 1. The van der Waals surface area contributed by atoms with Gasteiger partial charge in [-0.25, -0.2) is 18.5 Å². The number of allylic oxidation sites excluding steroid dienone is 1. The molecule has 0 aliphatic carbocycles. The van der Waals surface area contributed by atoms with Gasteiger partial charge in [-0.05, 0) is 68.2 Å². The first-order valence-corrected chi connectivity index (χ1v) is 13.0. The van der Waals surface area contributed by atoms with Crippen molar-refractivity contribution in [3.05, 3.63) is 76.6 Å². The third kappa shape index (κ3) is 6.99. The van der Waals surface area contributed by atoms with Gasteiger partial charge >= 0.3 is 12.2 Å². The molecule has 1 fully saturated rings. The third-order valence-electron chi connectivity index (χ3n) is 6.74. The van der Waals surface area contributed by atoms with Crippen molar-refractivity contribution in [2.45, 2.75) is 38.3 Å². The van der Waals surface area contributed by atoms with Crippen molar-refractivity contribution in [2.24, 2.45) is 0 Å². The molecule has 0 radical (unpaired) electrons. The summed E-state index contributed by atoms with van der Waals surface area (Å²) < 4.78 is 20.5. The van der Waals surface area contributed by atoms with Gasteiger partial charge in [0.25, 0.3) is 5.56 Å². The minimum absolute atomic E-state index is 0.0991. The maximum atomic E-state index is 13.7. The zero-order valence-corrected chi connectivity index (χ0v) is 22.3. The predicted octanol–water partition coefficient (Wildman–Crippen LogP) is 3.14. The van der Waals surface area contributed by atoms with Crippen molar-refractivity contribution in [3.63, 3.8) is 0 Å². The zero-order chi connectivity index (χ0) is 29.5. The van der Waals surface area contributed by atoms with Crippen LogP contribution in [0.5, 0.6) is 0 Å². The molecule has 1 atom stereocenters. The summed E-state index contributed by atoms with van der Waals surface area (Å²) in [5.74, 6) is -1.32. The number of alkyl carbamates (subject to hydrolysis) is 1. The molecule has 216 valence electrons. The second-order valence-electron chi connectivity index (χ2n) is 9.50. The number of aromatic nitrogens is 2. The number of likely N-dealkylation sites (tertiary alicyclic amines) is 1. The molecule has 3 aromatic rings. The fraction of sp³-hybridized carbons (Fsp3) is 0.321. The van der Waals surface area contributed by atoms with Crippen molar-refractivity contribution in [1.82, 2.24) is 19.4 Å². The SMILES string of the molecule is COC(=O)NC(CC/C=C/C(=O)N1CCCC1)C(=O)Nc1cccn(Cc2cc3cc(F)ccc3n2C(=O)O)c1=O. The Bertz CT molecular complexity index is 1550. The molecule has 1 unspecified atom stereocenters. The average molecular weight is 568 g/mol. The minimum atomic E-state index is -1.30. The van der Waals surface area contributed by atoms with Crippen LogP contribution in [-0.2, 0) is 20.9 Å². The van der Waals surface area contributed by atoms with Crippen LogP contribution in [0.4, 0.5) is 19.7 Å². The number of halogens is 1. The molecule has 3 amide bonds. The summed E-state index contributed by atoms with van der Waals surface area (Å²) in [5, 5.41) is 15.0. The van der Waals surface area contributed by atoms with Crippen LogP contribution in [0.1, 0.15) is 31.4 Å². The molecule has 0 saturated carbocycles. The lowest BCUT2D eigenvalue weighted by Gasteiger charge is -2.17. The number of carbonyl (C=O) groups excluding carboxylic acids is 3. The molecule has 1 aromatic carbocycles. The van der Waals surface area contributed by atoms with E-state index in [1.165, 1.54) is 47.2 Å². The lowest BCUT2D eigenvalue weighted by molar-refractivity contribution is -0.125. The van der Waals surface area contributed by atoms with Crippen molar-refractivity contribution in [1.29, 1.82) is 0 Å². The van der Waals surface area contributed by atoms with E-state index in [-0.39, 0.29) is 35.8 Å². The highest BCUT2D eigenvalue weighted by molar-refractivity contribution is 5.96. The lowest BCUT2D eigenvalue weighted by atomic mass is 10.1. The van der Waals surface area contributed by atoms with Gasteiger partial charge in [-0.1, -0.05) is 6.08 Å². The summed E-state index contributed by atoms with van der Waals surface area (Å²) in [4.78, 5) is 64.0. The number of fused-ring (bicyclic) bond motifs is 1. The van der Waals surface area contributed by atoms with E-state index in [0.717, 1.165) is 30.6 Å². The van der Waals surface area contributed by atoms with Gasteiger partial charge in [0.1, 0.15) is 17.5 Å². The maximum Gasteiger partial charge on any atom is 0.416 e. The molecular weight excluding hydrogens is 537 g/mol. The van der Waals surface area contributed by atoms with E-state index in [1.807, 2.05) is 0 Å². The Morgan fingerprint density at radius 3 is 2.61 bits per heavy atom. The highest BCUT2D eigenvalue weighted by Gasteiger charge is 2.23. The Morgan fingerprint density at radius 1 is 1.15 bits per heavy atom. The molecular formula is C28H30FN5O7. The zero-order valence-electron chi connectivity index (χ0n) is 22.3. The van der Waals surface area contributed by atoms with Gasteiger partial charge in [0.2, 0.25) is 11.8 Å². The van der Waals surface area contributed by atoms with Crippen molar-refractivity contribution >= 4 is 40.6 Å². The average Bonchev–Trinajstić information content (AvgIpc) is 3.60. The van der Waals surface area contributed by atoms with Gasteiger partial charge in [-0.15, -0.1) is 0 Å². The third-order valence-corrected chi connectivity index (χ3v) is 6.74. The summed E-state index contributed by atoms with van der Waals surface area (Å²) in [7, 11) is 1.15. The Morgan fingerprint density at radius 2 is 1.90 bits per heavy atom. The number of carboxylic acid groups (broad SMARTS) is 1. The monoisotopic (exact) mass is 567 g/mol. The van der Waals surface area contributed by atoms with Gasteiger partial charge in [0, 0.05) is 30.4 Å². The first-order chi connectivity index (χ1) is 19.7. The molecule has 3 heterocycles. The van der Waals surface area contributed by atoms with Crippen LogP contribution >= 0.6 is 0 Å². The second-order valence-corrected chi connectivity index (χ2v) is 9.50.